The van der Waals surface area contributed by atoms with Crippen molar-refractivity contribution in [2.75, 3.05) is 46.0 Å². The molecule has 0 bridgehead atoms. The van der Waals surface area contributed by atoms with E-state index in [4.69, 9.17) is 10.7 Å². The molecule has 5 rings (SSSR count). The number of nitrogens with one attached hydrogen (secondary N) is 1. The SMILES string of the molecule is CN(C)C1CCN(C(=O)N2CC=C(c3cnc(N)c(-c4nc5ccccc5[nH]4)n3)CC2)CC1.[HH].[HH]. The van der Waals surface area contributed by atoms with Crippen LogP contribution >= 0.6 is 0 Å². The van der Waals surface area contributed by atoms with E-state index in [2.05, 4.69) is 40.0 Å². The molecule has 0 unspecified atom stereocenters. The van der Waals surface area contributed by atoms with Gasteiger partial charge in [-0.1, -0.05) is 18.2 Å². The topological polar surface area (TPSA) is 107 Å². The Bertz CT molecular complexity index is 1170. The lowest BCUT2D eigenvalue weighted by molar-refractivity contribution is 0.122. The number of aromatic nitrogens is 4. The lowest BCUT2D eigenvalue weighted by Crippen LogP contribution is -2.50. The largest absolute Gasteiger partial charge is 0.382 e. The van der Waals surface area contributed by atoms with E-state index < -0.39 is 0 Å². The Morgan fingerprint density at radius 2 is 1.94 bits per heavy atom. The molecule has 0 spiro atoms. The van der Waals surface area contributed by atoms with Crippen molar-refractivity contribution < 1.29 is 7.65 Å². The highest BCUT2D eigenvalue weighted by Crippen LogP contribution is 2.27. The first-order valence-corrected chi connectivity index (χ1v) is 11.5. The van der Waals surface area contributed by atoms with Crippen LogP contribution in [-0.2, 0) is 0 Å². The average Bonchev–Trinajstić information content (AvgIpc) is 3.28. The zero-order valence-corrected chi connectivity index (χ0v) is 19.2. The molecule has 2 aromatic heterocycles. The molecule has 0 saturated carbocycles. The van der Waals surface area contributed by atoms with Crippen LogP contribution in [0.4, 0.5) is 10.6 Å². The Morgan fingerprint density at radius 3 is 2.64 bits per heavy atom. The minimum absolute atomic E-state index is 0. The monoisotopic (exact) mass is 450 g/mol. The van der Waals surface area contributed by atoms with Gasteiger partial charge in [0, 0.05) is 35.1 Å². The molecule has 0 aliphatic carbocycles. The van der Waals surface area contributed by atoms with Gasteiger partial charge >= 0.3 is 6.03 Å². The number of nitrogens with two attached hydrogens (primary N) is 1. The van der Waals surface area contributed by atoms with Crippen molar-refractivity contribution in [2.45, 2.75) is 25.3 Å². The number of nitrogens with zero attached hydrogens (tertiary/aromatic N) is 6. The van der Waals surface area contributed by atoms with E-state index in [-0.39, 0.29) is 8.88 Å². The van der Waals surface area contributed by atoms with Crippen LogP contribution in [0.15, 0.2) is 36.5 Å². The van der Waals surface area contributed by atoms with Gasteiger partial charge in [0.25, 0.3) is 0 Å². The number of nitrogen functional groups attached to an aromatic ring is 1. The Morgan fingerprint density at radius 1 is 1.15 bits per heavy atom. The molecule has 2 amide bonds. The van der Waals surface area contributed by atoms with Gasteiger partial charge in [-0.2, -0.15) is 0 Å². The van der Waals surface area contributed by atoms with Gasteiger partial charge in [0.1, 0.15) is 5.69 Å². The molecule has 1 fully saturated rings. The van der Waals surface area contributed by atoms with E-state index >= 15 is 0 Å². The van der Waals surface area contributed by atoms with E-state index in [0.29, 0.717) is 36.5 Å². The number of likely N-dealkylation sites (tertiary alicyclic amines) is 1. The lowest BCUT2D eigenvalue weighted by Gasteiger charge is -2.38. The number of aromatic amines is 1. The maximum atomic E-state index is 13.0. The molecular weight excluding hydrogens is 416 g/mol. The Balaban J connectivity index is 0.00000171. The van der Waals surface area contributed by atoms with Crippen LogP contribution in [0, 0.1) is 0 Å². The summed E-state index contributed by atoms with van der Waals surface area (Å²) in [7, 11) is 4.22. The van der Waals surface area contributed by atoms with E-state index in [1.807, 2.05) is 34.1 Å². The van der Waals surface area contributed by atoms with E-state index in [1.165, 1.54) is 0 Å². The number of carbonyl (C=O) groups is 1. The maximum Gasteiger partial charge on any atom is 0.320 e. The second kappa shape index (κ2) is 8.82. The summed E-state index contributed by atoms with van der Waals surface area (Å²) in [6.07, 6.45) is 6.57. The van der Waals surface area contributed by atoms with Crippen molar-refractivity contribution in [3.63, 3.8) is 0 Å². The van der Waals surface area contributed by atoms with Gasteiger partial charge in [0.15, 0.2) is 11.6 Å². The Labute approximate surface area is 196 Å². The summed E-state index contributed by atoms with van der Waals surface area (Å²) >= 11 is 0. The summed E-state index contributed by atoms with van der Waals surface area (Å²) in [4.78, 5) is 36.2. The number of anilines is 1. The number of amides is 2. The fourth-order valence-corrected chi connectivity index (χ4v) is 4.64. The molecule has 1 aromatic carbocycles. The summed E-state index contributed by atoms with van der Waals surface area (Å²) in [5.41, 5.74) is 10.3. The highest BCUT2D eigenvalue weighted by molar-refractivity contribution is 5.81. The fourth-order valence-electron chi connectivity index (χ4n) is 4.64. The first-order valence-electron chi connectivity index (χ1n) is 11.5. The molecule has 2 aliphatic rings. The zero-order valence-electron chi connectivity index (χ0n) is 19.2. The molecule has 0 atom stereocenters. The number of hydrogen-bond donors (Lipinski definition) is 2. The van der Waals surface area contributed by atoms with Gasteiger partial charge in [0.2, 0.25) is 0 Å². The second-order valence-electron chi connectivity index (χ2n) is 8.98. The van der Waals surface area contributed by atoms with Crippen molar-refractivity contribution in [3.05, 3.63) is 42.2 Å². The molecule has 9 heteroatoms. The minimum atomic E-state index is 0. The molecule has 3 N–H and O–H groups in total. The third kappa shape index (κ3) is 4.28. The summed E-state index contributed by atoms with van der Waals surface area (Å²) in [6, 6.07) is 8.52. The van der Waals surface area contributed by atoms with Crippen molar-refractivity contribution in [1.82, 2.24) is 34.6 Å². The number of piperidine rings is 1. The van der Waals surface area contributed by atoms with Crippen molar-refractivity contribution in [2.24, 2.45) is 0 Å². The molecule has 0 radical (unpaired) electrons. The number of hydrogen-bond acceptors (Lipinski definition) is 6. The van der Waals surface area contributed by atoms with Crippen LogP contribution in [0.25, 0.3) is 28.1 Å². The highest BCUT2D eigenvalue weighted by atomic mass is 16.2. The second-order valence-corrected chi connectivity index (χ2v) is 8.98. The molecule has 176 valence electrons. The van der Waals surface area contributed by atoms with Crippen LogP contribution in [0.3, 0.4) is 0 Å². The number of para-hydroxylation sites is 2. The van der Waals surface area contributed by atoms with Gasteiger partial charge in [-0.25, -0.2) is 19.7 Å². The number of benzene rings is 1. The highest BCUT2D eigenvalue weighted by Gasteiger charge is 2.28. The fraction of sp³-hybridized carbons (Fsp3) is 0.417. The quantitative estimate of drug-likeness (QED) is 0.634. The normalized spacial score (nSPS) is 17.6. The summed E-state index contributed by atoms with van der Waals surface area (Å²) in [6.45, 7) is 2.89. The number of rotatable bonds is 3. The molecule has 3 aromatic rings. The predicted octanol–water partition coefficient (Wildman–Crippen LogP) is 3.33. The van der Waals surface area contributed by atoms with Crippen LogP contribution in [0.2, 0.25) is 0 Å². The molecule has 1 saturated heterocycles. The van der Waals surface area contributed by atoms with E-state index in [9.17, 15) is 4.79 Å². The molecule has 9 nitrogen and oxygen atoms in total. The van der Waals surface area contributed by atoms with Crippen LogP contribution in [0.5, 0.6) is 0 Å². The predicted molar refractivity (Wildman–Crippen MR) is 134 cm³/mol. The summed E-state index contributed by atoms with van der Waals surface area (Å²) in [5.74, 6) is 0.949. The first-order chi connectivity index (χ1) is 16.0. The molecule has 33 heavy (non-hydrogen) atoms. The Hall–Kier alpha value is -3.46. The Kier molecular flexibility index (Phi) is 5.72. The van der Waals surface area contributed by atoms with Crippen LogP contribution < -0.4 is 5.73 Å². The number of imidazole rings is 1. The van der Waals surface area contributed by atoms with Crippen molar-refractivity contribution >= 4 is 28.5 Å². The van der Waals surface area contributed by atoms with Crippen LogP contribution in [-0.4, -0.2) is 87.0 Å². The average molecular weight is 451 g/mol. The number of H-pyrrole nitrogens is 1. The third-order valence-electron chi connectivity index (χ3n) is 6.69. The van der Waals surface area contributed by atoms with Gasteiger partial charge in [-0.15, -0.1) is 0 Å². The van der Waals surface area contributed by atoms with Gasteiger partial charge < -0.3 is 25.4 Å². The van der Waals surface area contributed by atoms with Crippen molar-refractivity contribution in [3.8, 4) is 11.5 Å². The molecule has 2 aliphatic heterocycles. The van der Waals surface area contributed by atoms with Gasteiger partial charge in [0.05, 0.1) is 22.9 Å². The van der Waals surface area contributed by atoms with Gasteiger partial charge in [-0.3, -0.25) is 0 Å². The minimum Gasteiger partial charge on any atom is -0.382 e. The van der Waals surface area contributed by atoms with E-state index in [1.54, 1.807) is 6.20 Å². The summed E-state index contributed by atoms with van der Waals surface area (Å²) < 4.78 is 0. The maximum absolute atomic E-state index is 13.0. The standard InChI is InChI=1S/C24H30N8O.2H2/c1-30(2)17-9-13-32(14-10-17)24(33)31-11-7-16(8-12-31)20-15-26-22(25)21(27-20)23-28-18-5-3-4-6-19(18)29-23;;/h3-7,15,17H,8-14H2,1-2H3,(H2,25,26)(H,28,29);2*1H. The zero-order chi connectivity index (χ0) is 22.9. The molecular formula is C24H34N8O. The van der Waals surface area contributed by atoms with Crippen LogP contribution in [0.1, 0.15) is 27.8 Å². The van der Waals surface area contributed by atoms with Crippen molar-refractivity contribution in [1.29, 1.82) is 0 Å². The van der Waals surface area contributed by atoms with E-state index in [0.717, 1.165) is 54.7 Å². The first kappa shape index (κ1) is 21.4. The number of carbonyl (C=O) groups excluding carboxylic acids is 1. The molecule has 4 heterocycles. The smallest absolute Gasteiger partial charge is 0.320 e. The lowest BCUT2D eigenvalue weighted by atomic mass is 10.0. The summed E-state index contributed by atoms with van der Waals surface area (Å²) in [5, 5.41) is 0. The number of fused-ring (bicyclic) bond motifs is 1. The number of urea groups is 1. The third-order valence-corrected chi connectivity index (χ3v) is 6.69. The van der Waals surface area contributed by atoms with Gasteiger partial charge in [-0.05, 0) is 51.1 Å².